The van der Waals surface area contributed by atoms with Crippen molar-refractivity contribution in [3.05, 3.63) is 12.2 Å². The third-order valence-electron chi connectivity index (χ3n) is 3.75. The van der Waals surface area contributed by atoms with Crippen molar-refractivity contribution in [2.24, 2.45) is 16.6 Å². The molecule has 1 saturated carbocycles. The van der Waals surface area contributed by atoms with Gasteiger partial charge in [0.1, 0.15) is 0 Å². The Bertz CT molecular complexity index is 180. The van der Waals surface area contributed by atoms with Gasteiger partial charge in [0.25, 0.3) is 0 Å². The van der Waals surface area contributed by atoms with Crippen LogP contribution in [0, 0.1) is 10.8 Å². The number of aliphatic hydroxyl groups excluding tert-OH is 1. The summed E-state index contributed by atoms with van der Waals surface area (Å²) in [6, 6.07) is 0. The lowest BCUT2D eigenvalue weighted by atomic mass is 9.58. The summed E-state index contributed by atoms with van der Waals surface area (Å²) in [6.07, 6.45) is 9.03. The minimum Gasteiger partial charge on any atom is -0.395 e. The number of hydrogen-bond acceptors (Lipinski definition) is 2. The molecule has 3 N–H and O–H groups in total. The van der Waals surface area contributed by atoms with E-state index in [1.165, 1.54) is 12.8 Å². The topological polar surface area (TPSA) is 46.2 Å². The molecule has 0 atom stereocenters. The molecule has 12 heavy (non-hydrogen) atoms. The summed E-state index contributed by atoms with van der Waals surface area (Å²) >= 11 is 0. The van der Waals surface area contributed by atoms with E-state index in [-0.39, 0.29) is 10.8 Å². The fourth-order valence-corrected chi connectivity index (χ4v) is 2.42. The van der Waals surface area contributed by atoms with Crippen molar-refractivity contribution < 1.29 is 5.11 Å². The predicted octanol–water partition coefficient (Wildman–Crippen LogP) is 1.05. The van der Waals surface area contributed by atoms with Gasteiger partial charge in [-0.1, -0.05) is 12.2 Å². The zero-order valence-electron chi connectivity index (χ0n) is 7.42. The number of nitrogens with two attached hydrogens (primary N) is 1. The molecule has 0 heterocycles. The molecule has 0 saturated heterocycles. The predicted molar refractivity (Wildman–Crippen MR) is 48.6 cm³/mol. The summed E-state index contributed by atoms with van der Waals surface area (Å²) in [5.41, 5.74) is 6.15. The van der Waals surface area contributed by atoms with Gasteiger partial charge in [-0.3, -0.25) is 0 Å². The van der Waals surface area contributed by atoms with Crippen molar-refractivity contribution in [1.29, 1.82) is 0 Å². The molecule has 0 aromatic carbocycles. The Morgan fingerprint density at radius 3 is 1.92 bits per heavy atom. The molecule has 0 spiro atoms. The van der Waals surface area contributed by atoms with Crippen molar-refractivity contribution >= 4 is 0 Å². The van der Waals surface area contributed by atoms with Gasteiger partial charge in [0, 0.05) is 17.4 Å². The SMILES string of the molecule is NCC12C=CC(CO)(CC1)CC2. The molecule has 1 fully saturated rings. The lowest BCUT2D eigenvalue weighted by Crippen LogP contribution is -2.42. The number of rotatable bonds is 2. The van der Waals surface area contributed by atoms with Crippen LogP contribution in [0.5, 0.6) is 0 Å². The van der Waals surface area contributed by atoms with E-state index in [4.69, 9.17) is 5.73 Å². The maximum Gasteiger partial charge on any atom is 0.0521 e. The normalized spacial score (nSPS) is 45.2. The Kier molecular flexibility index (Phi) is 1.77. The van der Waals surface area contributed by atoms with Crippen LogP contribution in [0.25, 0.3) is 0 Å². The summed E-state index contributed by atoms with van der Waals surface area (Å²) in [6.45, 7) is 1.08. The van der Waals surface area contributed by atoms with Gasteiger partial charge in [0.05, 0.1) is 6.61 Å². The molecule has 0 aliphatic heterocycles. The first-order chi connectivity index (χ1) is 5.74. The third kappa shape index (κ3) is 1.02. The maximum atomic E-state index is 9.24. The second-order valence-corrected chi connectivity index (χ2v) is 4.42. The Morgan fingerprint density at radius 1 is 1.08 bits per heavy atom. The van der Waals surface area contributed by atoms with E-state index in [9.17, 15) is 5.11 Å². The summed E-state index contributed by atoms with van der Waals surface area (Å²) in [5, 5.41) is 9.24. The van der Waals surface area contributed by atoms with E-state index in [1.54, 1.807) is 0 Å². The van der Waals surface area contributed by atoms with Crippen LogP contribution in [0.4, 0.5) is 0 Å². The molecule has 3 aliphatic carbocycles. The van der Waals surface area contributed by atoms with Gasteiger partial charge in [-0.15, -0.1) is 0 Å². The van der Waals surface area contributed by atoms with Gasteiger partial charge < -0.3 is 10.8 Å². The molecule has 2 heteroatoms. The highest BCUT2D eigenvalue weighted by Gasteiger charge is 2.43. The number of hydrogen-bond donors (Lipinski definition) is 2. The van der Waals surface area contributed by atoms with E-state index in [2.05, 4.69) is 12.2 Å². The smallest absolute Gasteiger partial charge is 0.0521 e. The van der Waals surface area contributed by atoms with Gasteiger partial charge in [-0.25, -0.2) is 0 Å². The fraction of sp³-hybridized carbons (Fsp3) is 0.800. The van der Waals surface area contributed by atoms with Crippen LogP contribution < -0.4 is 5.73 Å². The molecule has 2 nitrogen and oxygen atoms in total. The maximum absolute atomic E-state index is 9.24. The average Bonchev–Trinajstić information content (AvgIpc) is 2.21. The van der Waals surface area contributed by atoms with Crippen LogP contribution in [0.15, 0.2) is 12.2 Å². The van der Waals surface area contributed by atoms with E-state index < -0.39 is 0 Å². The molecule has 0 unspecified atom stereocenters. The quantitative estimate of drug-likeness (QED) is 0.604. The summed E-state index contributed by atoms with van der Waals surface area (Å²) in [7, 11) is 0. The highest BCUT2D eigenvalue weighted by Crippen LogP contribution is 2.51. The number of aliphatic hydroxyl groups is 1. The van der Waals surface area contributed by atoms with Crippen LogP contribution in [0.1, 0.15) is 25.7 Å². The lowest BCUT2D eigenvalue weighted by Gasteiger charge is -2.47. The first kappa shape index (κ1) is 8.27. The van der Waals surface area contributed by atoms with Gasteiger partial charge in [-0.05, 0) is 25.7 Å². The minimum atomic E-state index is 0.122. The van der Waals surface area contributed by atoms with Crippen molar-refractivity contribution in [1.82, 2.24) is 0 Å². The molecule has 68 valence electrons. The van der Waals surface area contributed by atoms with Gasteiger partial charge in [0.15, 0.2) is 0 Å². The van der Waals surface area contributed by atoms with Crippen LogP contribution >= 0.6 is 0 Å². The molecule has 3 aliphatic rings. The first-order valence-electron chi connectivity index (χ1n) is 4.76. The van der Waals surface area contributed by atoms with Crippen LogP contribution in [0.2, 0.25) is 0 Å². The minimum absolute atomic E-state index is 0.122. The van der Waals surface area contributed by atoms with Crippen LogP contribution in [0.3, 0.4) is 0 Å². The summed E-state index contributed by atoms with van der Waals surface area (Å²) in [5.74, 6) is 0. The molecular formula is C10H17NO. The first-order valence-corrected chi connectivity index (χ1v) is 4.76. The van der Waals surface area contributed by atoms with E-state index >= 15 is 0 Å². The van der Waals surface area contributed by atoms with Crippen LogP contribution in [-0.4, -0.2) is 18.3 Å². The molecule has 0 radical (unpaired) electrons. The molecule has 3 rings (SSSR count). The van der Waals surface area contributed by atoms with Crippen LogP contribution in [-0.2, 0) is 0 Å². The zero-order chi connectivity index (χ0) is 8.66. The fourth-order valence-electron chi connectivity index (χ4n) is 2.42. The largest absolute Gasteiger partial charge is 0.395 e. The number of fused-ring (bicyclic) bond motifs is 2. The second kappa shape index (κ2) is 2.57. The Morgan fingerprint density at radius 2 is 1.58 bits per heavy atom. The third-order valence-corrected chi connectivity index (χ3v) is 3.75. The Hall–Kier alpha value is -0.340. The average molecular weight is 167 g/mol. The van der Waals surface area contributed by atoms with Crippen molar-refractivity contribution in [3.8, 4) is 0 Å². The lowest BCUT2D eigenvalue weighted by molar-refractivity contribution is 0.0671. The van der Waals surface area contributed by atoms with E-state index in [0.717, 1.165) is 19.4 Å². The highest BCUT2D eigenvalue weighted by molar-refractivity contribution is 5.17. The van der Waals surface area contributed by atoms with Gasteiger partial charge >= 0.3 is 0 Å². The van der Waals surface area contributed by atoms with Gasteiger partial charge in [0.2, 0.25) is 0 Å². The molecule has 0 aromatic rings. The highest BCUT2D eigenvalue weighted by atomic mass is 16.3. The summed E-state index contributed by atoms with van der Waals surface area (Å²) < 4.78 is 0. The zero-order valence-corrected chi connectivity index (χ0v) is 7.42. The Balaban J connectivity index is 2.23. The molecule has 0 amide bonds. The summed E-state index contributed by atoms with van der Waals surface area (Å²) in [4.78, 5) is 0. The second-order valence-electron chi connectivity index (χ2n) is 4.42. The van der Waals surface area contributed by atoms with E-state index in [0.29, 0.717) is 6.61 Å². The Labute approximate surface area is 73.5 Å². The van der Waals surface area contributed by atoms with Crippen molar-refractivity contribution in [2.45, 2.75) is 25.7 Å². The van der Waals surface area contributed by atoms with Crippen molar-refractivity contribution in [2.75, 3.05) is 13.2 Å². The standard InChI is InChI=1S/C10H17NO/c11-7-9-1-4-10(8-12,5-2-9)6-3-9/h1,4,12H,2-3,5-8,11H2. The van der Waals surface area contributed by atoms with Crippen molar-refractivity contribution in [3.63, 3.8) is 0 Å². The molecular weight excluding hydrogens is 150 g/mol. The molecule has 0 aromatic heterocycles. The molecule has 2 bridgehead atoms. The van der Waals surface area contributed by atoms with Gasteiger partial charge in [-0.2, -0.15) is 0 Å². The monoisotopic (exact) mass is 167 g/mol. The van der Waals surface area contributed by atoms with E-state index in [1.807, 2.05) is 0 Å².